The molecule has 0 spiro atoms. The Bertz CT molecular complexity index is 534. The summed E-state index contributed by atoms with van der Waals surface area (Å²) in [7, 11) is 0. The van der Waals surface area contributed by atoms with Crippen molar-refractivity contribution in [3.8, 4) is 5.75 Å². The van der Waals surface area contributed by atoms with Crippen molar-refractivity contribution in [3.05, 3.63) is 33.3 Å². The first-order chi connectivity index (χ1) is 9.86. The average Bonchev–Trinajstić information content (AvgIpc) is 2.41. The second-order valence-electron chi connectivity index (χ2n) is 6.04. The van der Waals surface area contributed by atoms with Gasteiger partial charge in [-0.15, -0.1) is 0 Å². The Labute approximate surface area is 129 Å². The van der Waals surface area contributed by atoms with Gasteiger partial charge in [-0.3, -0.25) is 10.1 Å². The van der Waals surface area contributed by atoms with Gasteiger partial charge in [-0.1, -0.05) is 32.4 Å². The van der Waals surface area contributed by atoms with Crippen LogP contribution in [-0.4, -0.2) is 23.6 Å². The Morgan fingerprint density at radius 3 is 2.76 bits per heavy atom. The number of hydrogen-bond donors (Lipinski definition) is 1. The lowest BCUT2D eigenvalue weighted by molar-refractivity contribution is -0.384. The molecule has 0 radical (unpaired) electrons. The topological polar surface area (TPSA) is 64.4 Å². The van der Waals surface area contributed by atoms with Crippen LogP contribution in [0.2, 0.25) is 5.02 Å². The number of halogens is 1. The third kappa shape index (κ3) is 3.30. The molecule has 2 unspecified atom stereocenters. The molecule has 1 aromatic carbocycles. The lowest BCUT2D eigenvalue weighted by Gasteiger charge is -2.51. The van der Waals surface area contributed by atoms with E-state index in [1.54, 1.807) is 6.07 Å². The lowest BCUT2D eigenvalue weighted by atomic mass is 9.64. The van der Waals surface area contributed by atoms with Crippen molar-refractivity contribution < 1.29 is 9.66 Å². The predicted molar refractivity (Wildman–Crippen MR) is 83.0 cm³/mol. The summed E-state index contributed by atoms with van der Waals surface area (Å²) in [5.74, 6) is 0.581. The second kappa shape index (κ2) is 6.20. The maximum atomic E-state index is 10.7. The molecule has 0 bridgehead atoms. The number of nitro groups is 1. The van der Waals surface area contributed by atoms with Crippen LogP contribution in [-0.2, 0) is 0 Å². The fraction of sp³-hybridized carbons (Fsp3) is 0.600. The van der Waals surface area contributed by atoms with E-state index in [0.717, 1.165) is 19.4 Å². The van der Waals surface area contributed by atoms with Crippen LogP contribution >= 0.6 is 11.6 Å². The summed E-state index contributed by atoms with van der Waals surface area (Å²) in [5, 5.41) is 14.4. The first-order valence-corrected chi connectivity index (χ1v) is 7.58. The van der Waals surface area contributed by atoms with E-state index in [2.05, 4.69) is 26.1 Å². The molecule has 1 aliphatic carbocycles. The molecule has 116 valence electrons. The summed E-state index contributed by atoms with van der Waals surface area (Å²) in [5.41, 5.74) is -0.0666. The maximum Gasteiger partial charge on any atom is 0.288 e. The van der Waals surface area contributed by atoms with Gasteiger partial charge in [-0.2, -0.15) is 0 Å². The van der Waals surface area contributed by atoms with Gasteiger partial charge in [-0.05, 0) is 19.0 Å². The lowest BCUT2D eigenvalue weighted by Crippen LogP contribution is -2.62. The van der Waals surface area contributed by atoms with Crippen LogP contribution in [0.3, 0.4) is 0 Å². The second-order valence-corrected chi connectivity index (χ2v) is 6.45. The van der Waals surface area contributed by atoms with Crippen LogP contribution < -0.4 is 10.1 Å². The molecule has 0 aromatic heterocycles. The Kier molecular flexibility index (Phi) is 4.74. The number of hydrogen-bond acceptors (Lipinski definition) is 4. The zero-order chi connectivity index (χ0) is 15.6. The number of ether oxygens (including phenoxy) is 1. The van der Waals surface area contributed by atoms with Gasteiger partial charge >= 0.3 is 0 Å². The van der Waals surface area contributed by atoms with Gasteiger partial charge in [0.25, 0.3) is 5.69 Å². The highest BCUT2D eigenvalue weighted by Crippen LogP contribution is 2.43. The molecular weight excluding hydrogens is 292 g/mol. The van der Waals surface area contributed by atoms with Crippen molar-refractivity contribution in [2.75, 3.05) is 6.54 Å². The molecule has 1 aromatic rings. The molecule has 0 aliphatic heterocycles. The zero-order valence-electron chi connectivity index (χ0n) is 12.6. The molecule has 2 rings (SSSR count). The van der Waals surface area contributed by atoms with E-state index in [0.29, 0.717) is 11.8 Å². The first-order valence-electron chi connectivity index (χ1n) is 7.20. The van der Waals surface area contributed by atoms with E-state index in [9.17, 15) is 10.1 Å². The van der Waals surface area contributed by atoms with Crippen molar-refractivity contribution >= 4 is 17.3 Å². The van der Waals surface area contributed by atoms with E-state index < -0.39 is 4.92 Å². The highest BCUT2D eigenvalue weighted by molar-refractivity contribution is 6.32. The summed E-state index contributed by atoms with van der Waals surface area (Å²) in [4.78, 5) is 10.2. The Hall–Kier alpha value is -1.33. The van der Waals surface area contributed by atoms with E-state index in [1.165, 1.54) is 12.1 Å². The summed E-state index contributed by atoms with van der Waals surface area (Å²) >= 11 is 5.90. The monoisotopic (exact) mass is 312 g/mol. The minimum atomic E-state index is -0.496. The number of rotatable bonds is 6. The predicted octanol–water partition coefficient (Wildman–Crippen LogP) is 3.79. The quantitative estimate of drug-likeness (QED) is 0.641. The highest BCUT2D eigenvalue weighted by atomic mass is 35.5. The van der Waals surface area contributed by atoms with Crippen LogP contribution in [0.15, 0.2) is 18.2 Å². The number of nitrogens with one attached hydrogen (secondary N) is 1. The van der Waals surface area contributed by atoms with Gasteiger partial charge in [0.15, 0.2) is 0 Å². The van der Waals surface area contributed by atoms with Gasteiger partial charge in [0.05, 0.1) is 4.92 Å². The number of nitrogens with zero attached hydrogens (tertiary/aromatic N) is 1. The third-order valence-electron chi connectivity index (χ3n) is 4.21. The van der Waals surface area contributed by atoms with Gasteiger partial charge in [-0.25, -0.2) is 0 Å². The van der Waals surface area contributed by atoms with E-state index >= 15 is 0 Å². The van der Waals surface area contributed by atoms with Gasteiger partial charge in [0.2, 0.25) is 0 Å². The van der Waals surface area contributed by atoms with Crippen molar-refractivity contribution in [1.29, 1.82) is 0 Å². The van der Waals surface area contributed by atoms with Crippen LogP contribution in [0.1, 0.15) is 33.6 Å². The molecule has 1 fully saturated rings. The summed E-state index contributed by atoms with van der Waals surface area (Å²) < 4.78 is 5.94. The molecule has 0 saturated heterocycles. The minimum Gasteiger partial charge on any atom is -0.490 e. The molecule has 1 N–H and O–H groups in total. The maximum absolute atomic E-state index is 10.7. The summed E-state index contributed by atoms with van der Waals surface area (Å²) in [6.45, 7) is 7.48. The standard InChI is InChI=1S/C15H21ClN2O3/c1-4-7-17-13-9-14(15(13,2)3)21-10-5-6-12(18(19)20)11(16)8-10/h5-6,8,13-14,17H,4,7,9H2,1-3H3. The first kappa shape index (κ1) is 16.0. The number of nitro benzene ring substituents is 1. The smallest absolute Gasteiger partial charge is 0.288 e. The van der Waals surface area contributed by atoms with Gasteiger partial charge < -0.3 is 10.1 Å². The van der Waals surface area contributed by atoms with Crippen molar-refractivity contribution in [2.24, 2.45) is 5.41 Å². The molecule has 21 heavy (non-hydrogen) atoms. The van der Waals surface area contributed by atoms with Crippen LogP contribution in [0.5, 0.6) is 5.75 Å². The zero-order valence-corrected chi connectivity index (χ0v) is 13.3. The Morgan fingerprint density at radius 1 is 1.52 bits per heavy atom. The average molecular weight is 313 g/mol. The van der Waals surface area contributed by atoms with Crippen molar-refractivity contribution in [2.45, 2.75) is 45.8 Å². The van der Waals surface area contributed by atoms with E-state index in [-0.39, 0.29) is 22.2 Å². The third-order valence-corrected chi connectivity index (χ3v) is 4.52. The molecule has 1 aliphatic rings. The normalized spacial score (nSPS) is 23.4. The van der Waals surface area contributed by atoms with Crippen LogP contribution in [0, 0.1) is 15.5 Å². The van der Waals surface area contributed by atoms with Crippen LogP contribution in [0.25, 0.3) is 0 Å². The van der Waals surface area contributed by atoms with Gasteiger partial charge in [0.1, 0.15) is 16.9 Å². The number of benzene rings is 1. The minimum absolute atomic E-state index is 0.0312. The molecule has 0 amide bonds. The summed E-state index contributed by atoms with van der Waals surface area (Å²) in [6.07, 6.45) is 2.13. The SMILES string of the molecule is CCCNC1CC(Oc2ccc([N+](=O)[O-])c(Cl)c2)C1(C)C. The molecule has 0 heterocycles. The Balaban J connectivity index is 2.00. The molecular formula is C15H21ClN2O3. The van der Waals surface area contributed by atoms with E-state index in [1.807, 2.05) is 0 Å². The molecule has 6 heteroatoms. The Morgan fingerprint density at radius 2 is 2.24 bits per heavy atom. The van der Waals surface area contributed by atoms with Crippen molar-refractivity contribution in [1.82, 2.24) is 5.32 Å². The summed E-state index contributed by atoms with van der Waals surface area (Å²) in [6, 6.07) is 4.95. The van der Waals surface area contributed by atoms with Crippen molar-refractivity contribution in [3.63, 3.8) is 0 Å². The molecule has 5 nitrogen and oxygen atoms in total. The van der Waals surface area contributed by atoms with Gasteiger partial charge in [0, 0.05) is 30.0 Å². The highest BCUT2D eigenvalue weighted by Gasteiger charge is 2.49. The largest absolute Gasteiger partial charge is 0.490 e. The van der Waals surface area contributed by atoms with E-state index in [4.69, 9.17) is 16.3 Å². The van der Waals surface area contributed by atoms with Crippen LogP contribution in [0.4, 0.5) is 5.69 Å². The molecule has 2 atom stereocenters. The molecule has 1 saturated carbocycles. The fourth-order valence-corrected chi connectivity index (χ4v) is 2.86. The fourth-order valence-electron chi connectivity index (χ4n) is 2.62.